The van der Waals surface area contributed by atoms with Crippen molar-refractivity contribution in [1.82, 2.24) is 19.5 Å². The molecule has 1 unspecified atom stereocenters. The first-order valence-corrected chi connectivity index (χ1v) is 12.5. The average molecular weight is 484 g/mol. The van der Waals surface area contributed by atoms with Crippen molar-refractivity contribution in [2.45, 2.75) is 39.3 Å². The summed E-state index contributed by atoms with van der Waals surface area (Å²) in [7, 11) is 5.68. The Morgan fingerprint density at radius 1 is 1.26 bits per heavy atom. The highest BCUT2D eigenvalue weighted by atomic mass is 32.1. The Labute approximate surface area is 204 Å². The van der Waals surface area contributed by atoms with E-state index in [4.69, 9.17) is 9.72 Å². The van der Waals surface area contributed by atoms with Gasteiger partial charge in [-0.3, -0.25) is 9.36 Å². The van der Waals surface area contributed by atoms with Gasteiger partial charge in [-0.05, 0) is 31.9 Å². The van der Waals surface area contributed by atoms with E-state index in [2.05, 4.69) is 20.2 Å². The minimum Gasteiger partial charge on any atom is -0.374 e. The van der Waals surface area contributed by atoms with Crippen LogP contribution in [0, 0.1) is 6.92 Å². The Hall–Kier alpha value is -2.98. The topological polar surface area (TPSA) is 88.4 Å². The van der Waals surface area contributed by atoms with Crippen LogP contribution in [0.3, 0.4) is 0 Å². The van der Waals surface area contributed by atoms with Crippen molar-refractivity contribution in [2.24, 2.45) is 7.05 Å². The molecule has 182 valence electrons. The molecule has 1 saturated heterocycles. The zero-order valence-electron chi connectivity index (χ0n) is 20.7. The molecule has 1 N–H and O–H groups in total. The van der Waals surface area contributed by atoms with Gasteiger partial charge >= 0.3 is 0 Å². The second-order valence-electron chi connectivity index (χ2n) is 8.69. The molecule has 0 amide bonds. The lowest BCUT2D eigenvalue weighted by molar-refractivity contribution is 0.0720. The normalized spacial score (nSPS) is 17.9. The van der Waals surface area contributed by atoms with Crippen molar-refractivity contribution in [1.29, 1.82) is 0 Å². The number of anilines is 3. The van der Waals surface area contributed by atoms with Crippen LogP contribution in [-0.2, 0) is 18.2 Å². The van der Waals surface area contributed by atoms with Crippen LogP contribution in [-0.4, -0.2) is 65.5 Å². The molecule has 4 rings (SSSR count). The zero-order chi connectivity index (χ0) is 24.4. The third kappa shape index (κ3) is 4.65. The lowest BCUT2D eigenvalue weighted by Gasteiger charge is -2.23. The van der Waals surface area contributed by atoms with E-state index in [0.29, 0.717) is 31.1 Å². The fourth-order valence-corrected chi connectivity index (χ4v) is 4.98. The predicted molar refractivity (Wildman–Crippen MR) is 138 cm³/mol. The van der Waals surface area contributed by atoms with Crippen LogP contribution in [0.1, 0.15) is 25.1 Å². The standard InChI is InChI=1S/C24H33N7O2S/c1-7-17-21(27-18-13-31(14-19(18)33-8-2)24-25-9-10-34-24)23(32)30(6)22(28-17)16-12-26-20(29(4)5)11-15(16)3/h9-12,18-19,27H,7-8,13-14H2,1-6H3/t18?,19-/m0/s1. The second-order valence-corrected chi connectivity index (χ2v) is 9.56. The van der Waals surface area contributed by atoms with Crippen molar-refractivity contribution in [2.75, 3.05) is 48.9 Å². The first-order valence-electron chi connectivity index (χ1n) is 11.6. The van der Waals surface area contributed by atoms with Crippen LogP contribution in [0.4, 0.5) is 16.6 Å². The Morgan fingerprint density at radius 3 is 2.68 bits per heavy atom. The van der Waals surface area contributed by atoms with Gasteiger partial charge < -0.3 is 19.9 Å². The predicted octanol–water partition coefficient (Wildman–Crippen LogP) is 2.94. The number of nitrogens with zero attached hydrogens (tertiary/aromatic N) is 6. The molecule has 2 atom stereocenters. The summed E-state index contributed by atoms with van der Waals surface area (Å²) >= 11 is 1.61. The molecule has 1 aliphatic heterocycles. The summed E-state index contributed by atoms with van der Waals surface area (Å²) in [6.45, 7) is 8.09. The second kappa shape index (κ2) is 10.1. The molecule has 0 bridgehead atoms. The molecule has 4 heterocycles. The average Bonchev–Trinajstić information content (AvgIpc) is 3.48. The monoisotopic (exact) mass is 483 g/mol. The summed E-state index contributed by atoms with van der Waals surface area (Å²) in [4.78, 5) is 31.6. The molecule has 3 aromatic rings. The Bertz CT molecular complexity index is 1190. The Morgan fingerprint density at radius 2 is 2.06 bits per heavy atom. The molecule has 10 heteroatoms. The molecule has 3 aromatic heterocycles. The largest absolute Gasteiger partial charge is 0.374 e. The number of thiazole rings is 1. The number of ether oxygens (including phenoxy) is 1. The quantitative estimate of drug-likeness (QED) is 0.523. The van der Waals surface area contributed by atoms with Crippen molar-refractivity contribution in [3.63, 3.8) is 0 Å². The van der Waals surface area contributed by atoms with Crippen LogP contribution in [0.2, 0.25) is 0 Å². The number of hydrogen-bond acceptors (Lipinski definition) is 9. The third-order valence-corrected chi connectivity index (χ3v) is 6.99. The van der Waals surface area contributed by atoms with Gasteiger partial charge in [0, 0.05) is 64.2 Å². The van der Waals surface area contributed by atoms with Crippen molar-refractivity contribution in [3.05, 3.63) is 45.5 Å². The van der Waals surface area contributed by atoms with Gasteiger partial charge in [0.2, 0.25) is 0 Å². The smallest absolute Gasteiger partial charge is 0.277 e. The van der Waals surface area contributed by atoms with Gasteiger partial charge in [0.25, 0.3) is 5.56 Å². The van der Waals surface area contributed by atoms with Crippen molar-refractivity contribution < 1.29 is 4.74 Å². The van der Waals surface area contributed by atoms with Gasteiger partial charge in [-0.1, -0.05) is 6.92 Å². The van der Waals surface area contributed by atoms with Crippen LogP contribution >= 0.6 is 11.3 Å². The summed E-state index contributed by atoms with van der Waals surface area (Å²) in [5.41, 5.74) is 3.07. The summed E-state index contributed by atoms with van der Waals surface area (Å²) in [5, 5.41) is 6.45. The first-order chi connectivity index (χ1) is 16.3. The van der Waals surface area contributed by atoms with E-state index in [1.165, 1.54) is 0 Å². The van der Waals surface area contributed by atoms with E-state index < -0.39 is 0 Å². The van der Waals surface area contributed by atoms with Gasteiger partial charge in [0.05, 0.1) is 17.8 Å². The fourth-order valence-electron chi connectivity index (χ4n) is 4.32. The van der Waals surface area contributed by atoms with E-state index in [0.717, 1.165) is 34.3 Å². The van der Waals surface area contributed by atoms with Crippen molar-refractivity contribution >= 4 is 28.0 Å². The van der Waals surface area contributed by atoms with E-state index in [9.17, 15) is 4.79 Å². The van der Waals surface area contributed by atoms with Gasteiger partial charge in [-0.2, -0.15) is 0 Å². The first kappa shape index (κ1) is 24.2. The number of aromatic nitrogens is 4. The number of pyridine rings is 1. The minimum absolute atomic E-state index is 0.0442. The summed E-state index contributed by atoms with van der Waals surface area (Å²) < 4.78 is 7.65. The fraction of sp³-hybridized carbons (Fsp3) is 0.500. The van der Waals surface area contributed by atoms with E-state index >= 15 is 0 Å². The number of rotatable bonds is 8. The highest BCUT2D eigenvalue weighted by Gasteiger charge is 2.35. The summed E-state index contributed by atoms with van der Waals surface area (Å²) in [5.74, 6) is 1.49. The van der Waals surface area contributed by atoms with E-state index in [-0.39, 0.29) is 17.7 Å². The number of hydrogen-bond donors (Lipinski definition) is 1. The highest BCUT2D eigenvalue weighted by molar-refractivity contribution is 7.13. The molecule has 1 fully saturated rings. The maximum absolute atomic E-state index is 13.6. The summed E-state index contributed by atoms with van der Waals surface area (Å²) in [6.07, 6.45) is 4.20. The maximum atomic E-state index is 13.6. The highest BCUT2D eigenvalue weighted by Crippen LogP contribution is 2.28. The lowest BCUT2D eigenvalue weighted by Crippen LogP contribution is -2.38. The molecular formula is C24H33N7O2S. The molecule has 0 aromatic carbocycles. The van der Waals surface area contributed by atoms with Gasteiger partial charge in [0.15, 0.2) is 5.13 Å². The molecule has 34 heavy (non-hydrogen) atoms. The number of nitrogens with one attached hydrogen (secondary N) is 1. The van der Waals surface area contributed by atoms with Crippen LogP contribution in [0.15, 0.2) is 28.6 Å². The maximum Gasteiger partial charge on any atom is 0.277 e. The SMILES string of the molecule is CCO[C@H]1CN(c2nccs2)CC1Nc1c(CC)nc(-c2cnc(N(C)C)cc2C)n(C)c1=O. The molecule has 1 aliphatic rings. The summed E-state index contributed by atoms with van der Waals surface area (Å²) in [6, 6.07) is 1.97. The van der Waals surface area contributed by atoms with Crippen LogP contribution in [0.5, 0.6) is 0 Å². The molecular weight excluding hydrogens is 450 g/mol. The molecule has 0 aliphatic carbocycles. The lowest BCUT2D eigenvalue weighted by atomic mass is 10.1. The number of aryl methyl sites for hydroxylation is 2. The van der Waals surface area contributed by atoms with Gasteiger partial charge in [0.1, 0.15) is 17.3 Å². The van der Waals surface area contributed by atoms with E-state index in [1.807, 2.05) is 57.4 Å². The van der Waals surface area contributed by atoms with E-state index in [1.54, 1.807) is 29.1 Å². The van der Waals surface area contributed by atoms with Crippen LogP contribution in [0.25, 0.3) is 11.4 Å². The third-order valence-electron chi connectivity index (χ3n) is 6.16. The molecule has 9 nitrogen and oxygen atoms in total. The Kier molecular flexibility index (Phi) is 7.18. The molecule has 0 radical (unpaired) electrons. The molecule has 0 spiro atoms. The van der Waals surface area contributed by atoms with Gasteiger partial charge in [-0.25, -0.2) is 15.0 Å². The Balaban J connectivity index is 1.68. The minimum atomic E-state index is -0.0964. The molecule has 0 saturated carbocycles. The van der Waals surface area contributed by atoms with Gasteiger partial charge in [-0.15, -0.1) is 11.3 Å². The zero-order valence-corrected chi connectivity index (χ0v) is 21.5. The van der Waals surface area contributed by atoms with Crippen molar-refractivity contribution in [3.8, 4) is 11.4 Å². The van der Waals surface area contributed by atoms with Crippen LogP contribution < -0.4 is 20.7 Å².